The number of carbonyl (C=O) groups is 2. The molecule has 1 rings (SSSR count). The van der Waals surface area contributed by atoms with Crippen LogP contribution in [0.15, 0.2) is 0 Å². The third-order valence-corrected chi connectivity index (χ3v) is 4.05. The van der Waals surface area contributed by atoms with Crippen LogP contribution in [-0.2, 0) is 38.0 Å². The Balaban J connectivity index is 2.67. The minimum atomic E-state index is -0.904. The van der Waals surface area contributed by atoms with Crippen LogP contribution in [0.5, 0.6) is 0 Å². The Morgan fingerprint density at radius 2 is 1.46 bits per heavy atom. The van der Waals surface area contributed by atoms with Gasteiger partial charge < -0.3 is 28.4 Å². The summed E-state index contributed by atoms with van der Waals surface area (Å²) in [6.07, 6.45) is -2.41. The molecule has 0 aromatic heterocycles. The monoisotopic (exact) mass is 348 g/mol. The van der Waals surface area contributed by atoms with E-state index in [0.717, 1.165) is 0 Å². The van der Waals surface area contributed by atoms with Crippen LogP contribution in [0.4, 0.5) is 0 Å². The summed E-state index contributed by atoms with van der Waals surface area (Å²) in [5.41, 5.74) is 0. The number of methoxy groups -OCH3 is 4. The van der Waals surface area contributed by atoms with E-state index in [1.165, 1.54) is 21.3 Å². The SMILES string of the molecule is COC(=O)C[C@H](C)CC(=O)O[C@H]1O[C@@H](C)[C@H](OC)[C@@H](OC)[C@H]1OC. The molecular weight excluding hydrogens is 320 g/mol. The minimum absolute atomic E-state index is 0.0745. The van der Waals surface area contributed by atoms with Gasteiger partial charge in [-0.25, -0.2) is 0 Å². The van der Waals surface area contributed by atoms with Crippen molar-refractivity contribution in [3.8, 4) is 0 Å². The molecule has 8 heteroatoms. The smallest absolute Gasteiger partial charge is 0.308 e. The van der Waals surface area contributed by atoms with Crippen molar-refractivity contribution in [3.05, 3.63) is 0 Å². The first-order valence-electron chi connectivity index (χ1n) is 7.88. The lowest BCUT2D eigenvalue weighted by molar-refractivity contribution is -0.297. The lowest BCUT2D eigenvalue weighted by Crippen LogP contribution is -2.59. The van der Waals surface area contributed by atoms with Gasteiger partial charge in [0.1, 0.15) is 18.3 Å². The number of hydrogen-bond acceptors (Lipinski definition) is 8. The van der Waals surface area contributed by atoms with Crippen molar-refractivity contribution in [3.63, 3.8) is 0 Å². The predicted molar refractivity (Wildman–Crippen MR) is 83.2 cm³/mol. The van der Waals surface area contributed by atoms with Crippen LogP contribution in [0, 0.1) is 5.92 Å². The van der Waals surface area contributed by atoms with Crippen LogP contribution >= 0.6 is 0 Å². The van der Waals surface area contributed by atoms with Gasteiger partial charge >= 0.3 is 11.9 Å². The van der Waals surface area contributed by atoms with Crippen molar-refractivity contribution >= 4 is 11.9 Å². The summed E-state index contributed by atoms with van der Waals surface area (Å²) < 4.78 is 31.9. The van der Waals surface area contributed by atoms with Crippen molar-refractivity contribution in [1.82, 2.24) is 0 Å². The Kier molecular flexibility index (Phi) is 8.61. The van der Waals surface area contributed by atoms with E-state index in [0.29, 0.717) is 0 Å². The molecule has 1 saturated heterocycles. The van der Waals surface area contributed by atoms with E-state index in [1.54, 1.807) is 14.0 Å². The van der Waals surface area contributed by atoms with E-state index < -0.39 is 24.5 Å². The van der Waals surface area contributed by atoms with Gasteiger partial charge in [-0.05, 0) is 12.8 Å². The quantitative estimate of drug-likeness (QED) is 0.598. The summed E-state index contributed by atoms with van der Waals surface area (Å²) in [5, 5.41) is 0. The zero-order valence-corrected chi connectivity index (χ0v) is 15.1. The van der Waals surface area contributed by atoms with Gasteiger partial charge in [0.2, 0.25) is 6.29 Å². The molecule has 0 aromatic carbocycles. The van der Waals surface area contributed by atoms with Crippen molar-refractivity contribution in [2.45, 2.75) is 57.4 Å². The lowest BCUT2D eigenvalue weighted by Gasteiger charge is -2.43. The van der Waals surface area contributed by atoms with Gasteiger partial charge in [-0.1, -0.05) is 6.92 Å². The van der Waals surface area contributed by atoms with E-state index in [9.17, 15) is 9.59 Å². The number of rotatable bonds is 8. The molecule has 1 heterocycles. The Hall–Kier alpha value is -1.22. The molecule has 0 radical (unpaired) electrons. The van der Waals surface area contributed by atoms with Crippen LogP contribution in [0.3, 0.4) is 0 Å². The van der Waals surface area contributed by atoms with E-state index >= 15 is 0 Å². The highest BCUT2D eigenvalue weighted by molar-refractivity contribution is 5.73. The fourth-order valence-corrected chi connectivity index (χ4v) is 2.81. The molecule has 24 heavy (non-hydrogen) atoms. The zero-order chi connectivity index (χ0) is 18.3. The van der Waals surface area contributed by atoms with Crippen LogP contribution < -0.4 is 0 Å². The van der Waals surface area contributed by atoms with Crippen LogP contribution in [-0.4, -0.2) is 71.1 Å². The second kappa shape index (κ2) is 9.93. The van der Waals surface area contributed by atoms with Crippen molar-refractivity contribution in [1.29, 1.82) is 0 Å². The Labute approximate surface area is 142 Å². The van der Waals surface area contributed by atoms with E-state index in [-0.39, 0.29) is 36.9 Å². The van der Waals surface area contributed by atoms with Crippen LogP contribution in [0.1, 0.15) is 26.7 Å². The Morgan fingerprint density at radius 3 is 1.96 bits per heavy atom. The van der Waals surface area contributed by atoms with Gasteiger partial charge in [0, 0.05) is 34.2 Å². The molecule has 6 atom stereocenters. The first kappa shape index (κ1) is 20.8. The second-order valence-corrected chi connectivity index (χ2v) is 5.89. The Morgan fingerprint density at radius 1 is 0.917 bits per heavy atom. The molecule has 0 N–H and O–H groups in total. The molecular formula is C16H28O8. The fourth-order valence-electron chi connectivity index (χ4n) is 2.81. The topological polar surface area (TPSA) is 89.5 Å². The summed E-state index contributed by atoms with van der Waals surface area (Å²) in [6.45, 7) is 3.59. The maximum atomic E-state index is 12.1. The maximum Gasteiger partial charge on any atom is 0.308 e. The number of esters is 2. The van der Waals surface area contributed by atoms with E-state index in [2.05, 4.69) is 4.74 Å². The Bertz CT molecular complexity index is 413. The molecule has 8 nitrogen and oxygen atoms in total. The highest BCUT2D eigenvalue weighted by Gasteiger charge is 2.47. The first-order chi connectivity index (χ1) is 11.4. The molecule has 140 valence electrons. The molecule has 0 amide bonds. The molecule has 1 fully saturated rings. The van der Waals surface area contributed by atoms with Crippen molar-refractivity contribution in [2.75, 3.05) is 28.4 Å². The highest BCUT2D eigenvalue weighted by atomic mass is 16.7. The number of carbonyl (C=O) groups excluding carboxylic acids is 2. The molecule has 0 bridgehead atoms. The van der Waals surface area contributed by atoms with Gasteiger partial charge in [0.15, 0.2) is 0 Å². The highest BCUT2D eigenvalue weighted by Crippen LogP contribution is 2.28. The van der Waals surface area contributed by atoms with Crippen LogP contribution in [0.2, 0.25) is 0 Å². The van der Waals surface area contributed by atoms with Gasteiger partial charge in [0.25, 0.3) is 0 Å². The molecule has 0 unspecified atom stereocenters. The average molecular weight is 348 g/mol. The summed E-state index contributed by atoms with van der Waals surface area (Å²) in [6, 6.07) is 0. The van der Waals surface area contributed by atoms with E-state index in [4.69, 9.17) is 23.7 Å². The van der Waals surface area contributed by atoms with Crippen LogP contribution in [0.25, 0.3) is 0 Å². The summed E-state index contributed by atoms with van der Waals surface area (Å²) in [7, 11) is 5.90. The third-order valence-electron chi connectivity index (χ3n) is 4.05. The molecule has 0 spiro atoms. The molecule has 0 saturated carbocycles. The average Bonchev–Trinajstić information content (AvgIpc) is 2.53. The summed E-state index contributed by atoms with van der Waals surface area (Å²) in [5.74, 6) is -1.04. The maximum absolute atomic E-state index is 12.1. The minimum Gasteiger partial charge on any atom is -0.469 e. The standard InChI is InChI=1S/C16H28O8/c1-9(7-11(17)19-3)8-12(18)24-16-15(22-6)14(21-5)13(20-4)10(2)23-16/h9-10,13-16H,7-8H2,1-6H3/t9-,10-,13-,14+,15+,16+/m0/s1. The summed E-state index contributed by atoms with van der Waals surface area (Å²) >= 11 is 0. The van der Waals surface area contributed by atoms with Gasteiger partial charge in [-0.3, -0.25) is 9.59 Å². The largest absolute Gasteiger partial charge is 0.469 e. The van der Waals surface area contributed by atoms with Crippen molar-refractivity contribution < 1.29 is 38.0 Å². The number of hydrogen-bond donors (Lipinski definition) is 0. The van der Waals surface area contributed by atoms with E-state index in [1.807, 2.05) is 6.92 Å². The second-order valence-electron chi connectivity index (χ2n) is 5.89. The van der Waals surface area contributed by atoms with Gasteiger partial charge in [-0.2, -0.15) is 0 Å². The number of ether oxygens (including phenoxy) is 6. The lowest BCUT2D eigenvalue weighted by atomic mass is 9.99. The molecule has 0 aliphatic carbocycles. The van der Waals surface area contributed by atoms with Crippen molar-refractivity contribution in [2.24, 2.45) is 5.92 Å². The normalized spacial score (nSPS) is 31.3. The van der Waals surface area contributed by atoms with Gasteiger partial charge in [-0.15, -0.1) is 0 Å². The predicted octanol–water partition coefficient (Wildman–Crippen LogP) is 0.909. The zero-order valence-electron chi connectivity index (χ0n) is 15.1. The fraction of sp³-hybridized carbons (Fsp3) is 0.875. The first-order valence-corrected chi connectivity index (χ1v) is 7.88. The molecule has 0 aromatic rings. The van der Waals surface area contributed by atoms with Gasteiger partial charge in [0.05, 0.1) is 13.2 Å². The molecule has 1 aliphatic heterocycles. The molecule has 1 aliphatic rings. The summed E-state index contributed by atoms with van der Waals surface area (Å²) in [4.78, 5) is 23.4. The third kappa shape index (κ3) is 5.41.